The molecule has 2 amide bonds. The molecule has 0 saturated carbocycles. The second-order valence-corrected chi connectivity index (χ2v) is 10.1. The molecule has 2 aromatic rings. The number of ether oxygens (including phenoxy) is 1. The van der Waals surface area contributed by atoms with Crippen LogP contribution >= 0.6 is 0 Å². The zero-order chi connectivity index (χ0) is 22.2. The highest BCUT2D eigenvalue weighted by Gasteiger charge is 2.72. The maximum atomic E-state index is 14.2. The van der Waals surface area contributed by atoms with Gasteiger partial charge in [0.05, 0.1) is 7.11 Å². The number of aromatic amines is 1. The molecule has 3 aliphatic rings. The molecular weight excluding hydrogens is 394 g/mol. The third kappa shape index (κ3) is 2.44. The minimum atomic E-state index is -1.50. The van der Waals surface area contributed by atoms with Crippen molar-refractivity contribution in [2.75, 3.05) is 7.11 Å². The van der Waals surface area contributed by atoms with Gasteiger partial charge in [-0.15, -0.1) is 0 Å². The summed E-state index contributed by atoms with van der Waals surface area (Å²) in [5.41, 5.74) is -0.902. The number of piperidine rings is 2. The van der Waals surface area contributed by atoms with Gasteiger partial charge in [0, 0.05) is 46.9 Å². The molecule has 3 heterocycles. The van der Waals surface area contributed by atoms with E-state index < -0.39 is 22.6 Å². The second-order valence-electron chi connectivity index (χ2n) is 10.1. The quantitative estimate of drug-likeness (QED) is 0.655. The van der Waals surface area contributed by atoms with Gasteiger partial charge in [-0.1, -0.05) is 32.0 Å². The molecular formula is C24H31N3O4. The Labute approximate surface area is 182 Å². The number of hydrogen-bond acceptors (Lipinski definition) is 4. The van der Waals surface area contributed by atoms with Crippen molar-refractivity contribution in [3.05, 3.63) is 35.5 Å². The molecule has 2 saturated heterocycles. The third-order valence-electron chi connectivity index (χ3n) is 8.28. The Hall–Kier alpha value is -2.54. The van der Waals surface area contributed by atoms with Crippen LogP contribution in [0.4, 0.5) is 4.79 Å². The van der Waals surface area contributed by atoms with Crippen LogP contribution in [0.5, 0.6) is 0 Å². The van der Waals surface area contributed by atoms with Crippen molar-refractivity contribution >= 4 is 22.9 Å². The summed E-state index contributed by atoms with van der Waals surface area (Å²) in [4.78, 5) is 32.2. The number of rotatable bonds is 1. The number of methoxy groups -OCH3 is 1. The van der Waals surface area contributed by atoms with E-state index in [2.05, 4.69) is 17.2 Å². The predicted molar refractivity (Wildman–Crippen MR) is 117 cm³/mol. The molecule has 7 heteroatoms. The molecule has 0 radical (unpaired) electrons. The summed E-state index contributed by atoms with van der Waals surface area (Å²) >= 11 is 0. The fourth-order valence-corrected chi connectivity index (χ4v) is 6.59. The zero-order valence-corrected chi connectivity index (χ0v) is 18.6. The molecule has 1 aliphatic carbocycles. The number of para-hydroxylation sites is 1. The average Bonchev–Trinajstić information content (AvgIpc) is 3.10. The van der Waals surface area contributed by atoms with Crippen LogP contribution in [0, 0.1) is 0 Å². The van der Waals surface area contributed by atoms with Gasteiger partial charge in [-0.2, -0.15) is 0 Å². The molecule has 3 N–H and O–H groups in total. The maximum Gasteiger partial charge on any atom is 0.407 e. The van der Waals surface area contributed by atoms with Crippen molar-refractivity contribution in [3.8, 4) is 0 Å². The van der Waals surface area contributed by atoms with E-state index >= 15 is 0 Å². The summed E-state index contributed by atoms with van der Waals surface area (Å²) in [6.07, 6.45) is 2.75. The number of hydrogen-bond donors (Lipinski definition) is 3. The van der Waals surface area contributed by atoms with Gasteiger partial charge < -0.3 is 25.0 Å². The number of nitrogens with one attached hydrogen (secondary N) is 2. The number of alkyl carbamates (subject to hydrolysis) is 1. The molecule has 31 heavy (non-hydrogen) atoms. The van der Waals surface area contributed by atoms with Gasteiger partial charge in [-0.05, 0) is 37.8 Å². The van der Waals surface area contributed by atoms with Crippen molar-refractivity contribution in [2.45, 2.75) is 81.5 Å². The summed E-state index contributed by atoms with van der Waals surface area (Å²) in [7, 11) is 1.29. The van der Waals surface area contributed by atoms with Crippen LogP contribution < -0.4 is 5.32 Å². The molecule has 7 nitrogen and oxygen atoms in total. The number of aromatic nitrogens is 1. The van der Waals surface area contributed by atoms with Gasteiger partial charge in [0.1, 0.15) is 5.60 Å². The SMILES string of the molecule is COC(=O)N[C@]12Cc3c([nH]c4ccccc34)C(C)(C)[C@]1(O)C[C@@H]1CCC[C@@H](C)N1C2=O. The topological polar surface area (TPSA) is 94.7 Å². The Balaban J connectivity index is 1.78. The standard InChI is InChI=1S/C24H31N3O4/c1-14-8-7-9-15-12-24(30)22(2,3)19-17(16-10-5-6-11-18(16)25-19)13-23(24,20(28)27(14)15)26-21(29)31-4/h5-6,10-11,14-15,25,30H,7-9,12-13H2,1-4H3,(H,26,29)/t14-,15+,23+,24-/m1/s1. The highest BCUT2D eigenvalue weighted by molar-refractivity contribution is 5.96. The number of H-pyrrole nitrogens is 1. The maximum absolute atomic E-state index is 14.2. The lowest BCUT2D eigenvalue weighted by Crippen LogP contribution is -2.84. The molecule has 2 aliphatic heterocycles. The second kappa shape index (κ2) is 6.48. The number of benzene rings is 1. The number of fused-ring (bicyclic) bond motifs is 5. The predicted octanol–water partition coefficient (Wildman–Crippen LogP) is 3.00. The number of nitrogens with zero attached hydrogens (tertiary/aromatic N) is 1. The van der Waals surface area contributed by atoms with Crippen LogP contribution in [0.1, 0.15) is 57.7 Å². The highest BCUT2D eigenvalue weighted by Crippen LogP contribution is 2.56. The fraction of sp³-hybridized carbons (Fsp3) is 0.583. The number of aliphatic hydroxyl groups is 1. The summed E-state index contributed by atoms with van der Waals surface area (Å²) in [5, 5.41) is 16.3. The monoisotopic (exact) mass is 425 g/mol. The average molecular weight is 426 g/mol. The Kier molecular flexibility index (Phi) is 4.26. The molecule has 0 bridgehead atoms. The van der Waals surface area contributed by atoms with Gasteiger partial charge in [-0.3, -0.25) is 4.79 Å². The van der Waals surface area contributed by atoms with E-state index in [0.29, 0.717) is 6.42 Å². The van der Waals surface area contributed by atoms with Gasteiger partial charge in [0.2, 0.25) is 0 Å². The number of carbonyl (C=O) groups is 2. The molecule has 2 fully saturated rings. The van der Waals surface area contributed by atoms with Crippen molar-refractivity contribution in [3.63, 3.8) is 0 Å². The normalized spacial score (nSPS) is 34.0. The van der Waals surface area contributed by atoms with Gasteiger partial charge in [0.15, 0.2) is 5.54 Å². The molecule has 4 atom stereocenters. The van der Waals surface area contributed by atoms with E-state index in [-0.39, 0.29) is 24.4 Å². The van der Waals surface area contributed by atoms with Crippen molar-refractivity contribution in [1.82, 2.24) is 15.2 Å². The minimum absolute atomic E-state index is 0.0426. The number of carbonyl (C=O) groups excluding carboxylic acids is 2. The summed E-state index contributed by atoms with van der Waals surface area (Å²) in [6, 6.07) is 7.99. The van der Waals surface area contributed by atoms with Crippen LogP contribution in [-0.4, -0.2) is 57.3 Å². The zero-order valence-electron chi connectivity index (χ0n) is 18.6. The first-order valence-corrected chi connectivity index (χ1v) is 11.2. The molecule has 1 aromatic heterocycles. The van der Waals surface area contributed by atoms with Gasteiger partial charge in [0.25, 0.3) is 5.91 Å². The first-order valence-electron chi connectivity index (χ1n) is 11.2. The van der Waals surface area contributed by atoms with Crippen molar-refractivity contribution in [2.24, 2.45) is 0 Å². The van der Waals surface area contributed by atoms with E-state index in [4.69, 9.17) is 4.74 Å². The molecule has 166 valence electrons. The molecule has 0 spiro atoms. The minimum Gasteiger partial charge on any atom is -0.453 e. The van der Waals surface area contributed by atoms with E-state index in [1.807, 2.05) is 43.0 Å². The van der Waals surface area contributed by atoms with Crippen LogP contribution in [-0.2, 0) is 21.4 Å². The summed E-state index contributed by atoms with van der Waals surface area (Å²) in [5.74, 6) is -0.201. The Morgan fingerprint density at radius 1 is 1.29 bits per heavy atom. The lowest BCUT2D eigenvalue weighted by molar-refractivity contribution is -0.194. The van der Waals surface area contributed by atoms with Crippen LogP contribution in [0.15, 0.2) is 24.3 Å². The lowest BCUT2D eigenvalue weighted by atomic mass is 9.51. The molecule has 0 unspecified atom stereocenters. The Morgan fingerprint density at radius 2 is 2.03 bits per heavy atom. The molecule has 5 rings (SSSR count). The van der Waals surface area contributed by atoms with E-state index in [1.54, 1.807) is 0 Å². The van der Waals surface area contributed by atoms with Crippen LogP contribution in [0.25, 0.3) is 10.9 Å². The third-order valence-corrected chi connectivity index (χ3v) is 8.28. The van der Waals surface area contributed by atoms with Crippen LogP contribution in [0.2, 0.25) is 0 Å². The molecule has 1 aromatic carbocycles. The first-order chi connectivity index (χ1) is 14.7. The Bertz CT molecular complexity index is 1080. The van der Waals surface area contributed by atoms with Gasteiger partial charge in [-0.25, -0.2) is 4.79 Å². The van der Waals surface area contributed by atoms with E-state index in [0.717, 1.165) is 41.4 Å². The van der Waals surface area contributed by atoms with Gasteiger partial charge >= 0.3 is 6.09 Å². The Morgan fingerprint density at radius 3 is 2.77 bits per heavy atom. The summed E-state index contributed by atoms with van der Waals surface area (Å²) < 4.78 is 4.94. The van der Waals surface area contributed by atoms with Crippen molar-refractivity contribution in [1.29, 1.82) is 0 Å². The summed E-state index contributed by atoms with van der Waals surface area (Å²) in [6.45, 7) is 6.01. The van der Waals surface area contributed by atoms with Crippen molar-refractivity contribution < 1.29 is 19.4 Å². The first kappa shape index (κ1) is 20.4. The largest absolute Gasteiger partial charge is 0.453 e. The number of amides is 2. The lowest BCUT2D eigenvalue weighted by Gasteiger charge is -2.64. The van der Waals surface area contributed by atoms with E-state index in [1.165, 1.54) is 7.11 Å². The smallest absolute Gasteiger partial charge is 0.407 e. The van der Waals surface area contributed by atoms with Crippen LogP contribution in [0.3, 0.4) is 0 Å². The highest BCUT2D eigenvalue weighted by atomic mass is 16.5. The fourth-order valence-electron chi connectivity index (χ4n) is 6.59. The van der Waals surface area contributed by atoms with E-state index in [9.17, 15) is 14.7 Å².